The summed E-state index contributed by atoms with van der Waals surface area (Å²) >= 11 is 0. The fraction of sp³-hybridized carbons (Fsp3) is 0.364. The van der Waals surface area contributed by atoms with Crippen LogP contribution < -0.4 is 11.1 Å². The fourth-order valence-electron chi connectivity index (χ4n) is 1.35. The summed E-state index contributed by atoms with van der Waals surface area (Å²) in [5.41, 5.74) is 6.82. The van der Waals surface area contributed by atoms with Gasteiger partial charge in [-0.25, -0.2) is 0 Å². The van der Waals surface area contributed by atoms with E-state index in [1.807, 2.05) is 6.07 Å². The van der Waals surface area contributed by atoms with Crippen LogP contribution in [-0.2, 0) is 4.79 Å². The molecular formula is C11H16N2O2. The van der Waals surface area contributed by atoms with E-state index in [0.717, 1.165) is 5.56 Å². The van der Waals surface area contributed by atoms with Gasteiger partial charge in [-0.15, -0.1) is 0 Å². The molecule has 4 heteroatoms. The first-order valence-corrected chi connectivity index (χ1v) is 4.89. The maximum absolute atomic E-state index is 10.8. The molecule has 4 N–H and O–H groups in total. The lowest BCUT2D eigenvalue weighted by atomic mass is 10.1. The van der Waals surface area contributed by atoms with Gasteiger partial charge >= 0.3 is 0 Å². The number of carbonyl (C=O) groups is 1. The third-order valence-corrected chi connectivity index (χ3v) is 2.03. The largest absolute Gasteiger partial charge is 0.388 e. The van der Waals surface area contributed by atoms with Gasteiger partial charge in [-0.3, -0.25) is 4.79 Å². The van der Waals surface area contributed by atoms with Gasteiger partial charge in [0.05, 0.1) is 6.10 Å². The molecule has 0 unspecified atom stereocenters. The molecule has 1 atom stereocenters. The molecule has 1 amide bonds. The van der Waals surface area contributed by atoms with Gasteiger partial charge in [-0.05, 0) is 30.7 Å². The van der Waals surface area contributed by atoms with Crippen molar-refractivity contribution in [3.8, 4) is 0 Å². The number of nitrogens with one attached hydrogen (secondary N) is 1. The number of rotatable bonds is 4. The standard InChI is InChI=1S/C11H16N2O2/c1-8(14)13-10-4-2-3-9(7-10)11(15)5-6-12/h2-4,7,11,15H,5-6,12H2,1H3,(H,13,14)/t11-/m0/s1. The van der Waals surface area contributed by atoms with Gasteiger partial charge in [0.15, 0.2) is 0 Å². The van der Waals surface area contributed by atoms with Crippen molar-refractivity contribution in [1.29, 1.82) is 0 Å². The Kier molecular flexibility index (Phi) is 4.27. The first kappa shape index (κ1) is 11.7. The monoisotopic (exact) mass is 208 g/mol. The SMILES string of the molecule is CC(=O)Nc1cccc([C@@H](O)CCN)c1. The van der Waals surface area contributed by atoms with Crippen LogP contribution in [0.3, 0.4) is 0 Å². The van der Waals surface area contributed by atoms with Crippen LogP contribution >= 0.6 is 0 Å². The highest BCUT2D eigenvalue weighted by Crippen LogP contribution is 2.19. The fourth-order valence-corrected chi connectivity index (χ4v) is 1.35. The van der Waals surface area contributed by atoms with E-state index >= 15 is 0 Å². The number of anilines is 1. The molecule has 0 saturated heterocycles. The molecule has 1 aromatic carbocycles. The second-order valence-electron chi connectivity index (χ2n) is 3.40. The summed E-state index contributed by atoms with van der Waals surface area (Å²) in [7, 11) is 0. The molecule has 0 aliphatic carbocycles. The summed E-state index contributed by atoms with van der Waals surface area (Å²) in [6.07, 6.45) is -0.0486. The average Bonchev–Trinajstić information content (AvgIpc) is 2.17. The van der Waals surface area contributed by atoms with Crippen LogP contribution in [0.4, 0.5) is 5.69 Å². The highest BCUT2D eigenvalue weighted by atomic mass is 16.3. The number of amides is 1. The summed E-state index contributed by atoms with van der Waals surface area (Å²) in [4.78, 5) is 10.8. The topological polar surface area (TPSA) is 75.3 Å². The normalized spacial score (nSPS) is 12.2. The maximum Gasteiger partial charge on any atom is 0.221 e. The Morgan fingerprint density at radius 1 is 1.60 bits per heavy atom. The summed E-state index contributed by atoms with van der Waals surface area (Å²) in [5, 5.41) is 12.3. The number of benzene rings is 1. The minimum atomic E-state index is -0.566. The second kappa shape index (κ2) is 5.48. The Labute approximate surface area is 89.1 Å². The predicted molar refractivity (Wildman–Crippen MR) is 59.4 cm³/mol. The van der Waals surface area contributed by atoms with Crippen LogP contribution in [0.2, 0.25) is 0 Å². The summed E-state index contributed by atoms with van der Waals surface area (Å²) in [6, 6.07) is 7.13. The molecule has 0 spiro atoms. The summed E-state index contributed by atoms with van der Waals surface area (Å²) in [6.45, 7) is 1.88. The molecule has 0 aromatic heterocycles. The van der Waals surface area contributed by atoms with E-state index in [9.17, 15) is 9.90 Å². The lowest BCUT2D eigenvalue weighted by Gasteiger charge is -2.11. The van der Waals surface area contributed by atoms with Crippen molar-refractivity contribution in [2.24, 2.45) is 5.73 Å². The van der Waals surface area contributed by atoms with Gasteiger partial charge in [0, 0.05) is 12.6 Å². The molecule has 0 aliphatic rings. The van der Waals surface area contributed by atoms with Gasteiger partial charge in [0.25, 0.3) is 0 Å². The van der Waals surface area contributed by atoms with Crippen LogP contribution in [0, 0.1) is 0 Å². The quantitative estimate of drug-likeness (QED) is 0.691. The number of hydrogen-bond acceptors (Lipinski definition) is 3. The molecule has 82 valence electrons. The van der Waals surface area contributed by atoms with E-state index in [1.54, 1.807) is 18.2 Å². The molecule has 0 bridgehead atoms. The van der Waals surface area contributed by atoms with Gasteiger partial charge < -0.3 is 16.2 Å². The third kappa shape index (κ3) is 3.69. The van der Waals surface area contributed by atoms with Gasteiger partial charge in [-0.2, -0.15) is 0 Å². The Balaban J connectivity index is 2.77. The third-order valence-electron chi connectivity index (χ3n) is 2.03. The van der Waals surface area contributed by atoms with E-state index in [-0.39, 0.29) is 5.91 Å². The van der Waals surface area contributed by atoms with Crippen LogP contribution in [-0.4, -0.2) is 17.6 Å². The van der Waals surface area contributed by atoms with Gasteiger partial charge in [0.1, 0.15) is 0 Å². The lowest BCUT2D eigenvalue weighted by Crippen LogP contribution is -2.09. The Morgan fingerprint density at radius 3 is 2.93 bits per heavy atom. The van der Waals surface area contributed by atoms with E-state index in [1.165, 1.54) is 6.92 Å². The van der Waals surface area contributed by atoms with Crippen LogP contribution in [0.15, 0.2) is 24.3 Å². The number of carbonyl (C=O) groups excluding carboxylic acids is 1. The molecule has 0 radical (unpaired) electrons. The zero-order chi connectivity index (χ0) is 11.3. The van der Waals surface area contributed by atoms with Crippen molar-refractivity contribution in [3.63, 3.8) is 0 Å². The molecule has 4 nitrogen and oxygen atoms in total. The zero-order valence-electron chi connectivity index (χ0n) is 8.73. The van der Waals surface area contributed by atoms with Crippen LogP contribution in [0.5, 0.6) is 0 Å². The minimum absolute atomic E-state index is 0.125. The summed E-state index contributed by atoms with van der Waals surface area (Å²) in [5.74, 6) is -0.125. The van der Waals surface area contributed by atoms with E-state index in [4.69, 9.17) is 5.73 Å². The molecule has 1 aromatic rings. The Bertz CT molecular complexity index is 339. The number of nitrogens with two attached hydrogens (primary N) is 1. The van der Waals surface area contributed by atoms with Crippen LogP contribution in [0.25, 0.3) is 0 Å². The van der Waals surface area contributed by atoms with E-state index < -0.39 is 6.10 Å². The van der Waals surface area contributed by atoms with Gasteiger partial charge in [0.2, 0.25) is 5.91 Å². The zero-order valence-corrected chi connectivity index (χ0v) is 8.73. The second-order valence-corrected chi connectivity index (χ2v) is 3.40. The van der Waals surface area contributed by atoms with Crippen molar-refractivity contribution in [1.82, 2.24) is 0 Å². The number of aliphatic hydroxyl groups excluding tert-OH is 1. The predicted octanol–water partition coefficient (Wildman–Crippen LogP) is 1.03. The molecule has 0 aliphatic heterocycles. The molecule has 0 saturated carbocycles. The lowest BCUT2D eigenvalue weighted by molar-refractivity contribution is -0.114. The number of aliphatic hydroxyl groups is 1. The average molecular weight is 208 g/mol. The Morgan fingerprint density at radius 2 is 2.33 bits per heavy atom. The molecule has 1 rings (SSSR count). The van der Waals surface area contributed by atoms with E-state index in [0.29, 0.717) is 18.7 Å². The van der Waals surface area contributed by atoms with Gasteiger partial charge in [-0.1, -0.05) is 12.1 Å². The number of hydrogen-bond donors (Lipinski definition) is 3. The van der Waals surface area contributed by atoms with Crippen molar-refractivity contribution in [2.75, 3.05) is 11.9 Å². The first-order chi connectivity index (χ1) is 7.13. The maximum atomic E-state index is 10.8. The Hall–Kier alpha value is -1.39. The molecule has 0 fully saturated rings. The van der Waals surface area contributed by atoms with E-state index in [2.05, 4.69) is 5.32 Å². The first-order valence-electron chi connectivity index (χ1n) is 4.89. The van der Waals surface area contributed by atoms with Crippen molar-refractivity contribution in [2.45, 2.75) is 19.4 Å². The molecule has 15 heavy (non-hydrogen) atoms. The van der Waals surface area contributed by atoms with Crippen molar-refractivity contribution < 1.29 is 9.90 Å². The van der Waals surface area contributed by atoms with Crippen LogP contribution in [0.1, 0.15) is 25.0 Å². The highest BCUT2D eigenvalue weighted by Gasteiger charge is 2.06. The smallest absolute Gasteiger partial charge is 0.221 e. The minimum Gasteiger partial charge on any atom is -0.388 e. The molecular weight excluding hydrogens is 192 g/mol. The van der Waals surface area contributed by atoms with Crippen molar-refractivity contribution >= 4 is 11.6 Å². The molecule has 0 heterocycles. The van der Waals surface area contributed by atoms with Crippen molar-refractivity contribution in [3.05, 3.63) is 29.8 Å². The highest BCUT2D eigenvalue weighted by molar-refractivity contribution is 5.88. The summed E-state index contributed by atoms with van der Waals surface area (Å²) < 4.78 is 0.